The highest BCUT2D eigenvalue weighted by molar-refractivity contribution is 5.97. The fraction of sp³-hybridized carbons (Fsp3) is 0.526. The third-order valence-electron chi connectivity index (χ3n) is 4.50. The molecule has 6 heteroatoms. The summed E-state index contributed by atoms with van der Waals surface area (Å²) in [7, 11) is 0. The minimum atomic E-state index is 0.0240. The third kappa shape index (κ3) is 3.83. The number of carbonyl (C=O) groups excluding carboxylic acids is 1. The Bertz CT molecular complexity index is 718. The zero-order valence-electron chi connectivity index (χ0n) is 15.1. The van der Waals surface area contributed by atoms with E-state index < -0.39 is 0 Å². The van der Waals surface area contributed by atoms with Gasteiger partial charge < -0.3 is 14.1 Å². The number of carbonyl (C=O) groups is 1. The highest BCUT2D eigenvalue weighted by Crippen LogP contribution is 2.30. The molecule has 0 unspecified atom stereocenters. The molecular weight excluding hydrogens is 318 g/mol. The molecule has 0 saturated carbocycles. The van der Waals surface area contributed by atoms with Crippen molar-refractivity contribution in [2.45, 2.75) is 45.4 Å². The maximum Gasteiger partial charge on any atom is 0.257 e. The van der Waals surface area contributed by atoms with Gasteiger partial charge in [0, 0.05) is 24.9 Å². The zero-order valence-corrected chi connectivity index (χ0v) is 15.1. The normalized spacial score (nSPS) is 15.6. The van der Waals surface area contributed by atoms with Gasteiger partial charge in [-0.05, 0) is 31.9 Å². The van der Waals surface area contributed by atoms with E-state index >= 15 is 0 Å². The van der Waals surface area contributed by atoms with E-state index in [4.69, 9.17) is 9.15 Å². The lowest BCUT2D eigenvalue weighted by molar-refractivity contribution is 0.0701. The van der Waals surface area contributed by atoms with Crippen LogP contribution in [0.5, 0.6) is 5.75 Å². The number of aromatic nitrogens is 2. The first-order valence-electron chi connectivity index (χ1n) is 8.94. The van der Waals surface area contributed by atoms with Gasteiger partial charge in [0.1, 0.15) is 5.75 Å². The molecule has 1 aromatic heterocycles. The molecule has 2 heterocycles. The van der Waals surface area contributed by atoms with Gasteiger partial charge in [-0.15, -0.1) is 10.2 Å². The Kier molecular flexibility index (Phi) is 5.36. The molecule has 1 saturated heterocycles. The van der Waals surface area contributed by atoms with E-state index in [0.717, 1.165) is 12.8 Å². The maximum absolute atomic E-state index is 12.8. The van der Waals surface area contributed by atoms with Crippen molar-refractivity contribution in [3.05, 3.63) is 41.6 Å². The summed E-state index contributed by atoms with van der Waals surface area (Å²) in [6, 6.07) is 7.42. The van der Waals surface area contributed by atoms with E-state index in [0.29, 0.717) is 42.8 Å². The Morgan fingerprint density at radius 3 is 2.64 bits per heavy atom. The highest BCUT2D eigenvalue weighted by atomic mass is 16.5. The SMILES string of the molecule is CCOc1ccccc1C(=O)N1CCC(c2nnc(C(C)C)o2)CC1. The van der Waals surface area contributed by atoms with Crippen molar-refractivity contribution in [3.8, 4) is 5.75 Å². The lowest BCUT2D eigenvalue weighted by Gasteiger charge is -2.31. The van der Waals surface area contributed by atoms with Gasteiger partial charge in [0.2, 0.25) is 11.8 Å². The molecule has 0 spiro atoms. The smallest absolute Gasteiger partial charge is 0.257 e. The second kappa shape index (κ2) is 7.68. The van der Waals surface area contributed by atoms with Crippen molar-refractivity contribution in [1.29, 1.82) is 0 Å². The number of rotatable bonds is 5. The van der Waals surface area contributed by atoms with Gasteiger partial charge in [-0.3, -0.25) is 4.79 Å². The number of piperidine rings is 1. The molecule has 0 N–H and O–H groups in total. The Balaban J connectivity index is 1.64. The zero-order chi connectivity index (χ0) is 17.8. The van der Waals surface area contributed by atoms with Crippen molar-refractivity contribution in [3.63, 3.8) is 0 Å². The summed E-state index contributed by atoms with van der Waals surface area (Å²) in [6.07, 6.45) is 1.67. The molecule has 25 heavy (non-hydrogen) atoms. The topological polar surface area (TPSA) is 68.5 Å². The van der Waals surface area contributed by atoms with E-state index in [1.54, 1.807) is 0 Å². The number of ether oxygens (including phenoxy) is 1. The Morgan fingerprint density at radius 2 is 2.00 bits per heavy atom. The number of amides is 1. The molecule has 1 aromatic carbocycles. The summed E-state index contributed by atoms with van der Waals surface area (Å²) in [5, 5.41) is 8.30. The number of hydrogen-bond acceptors (Lipinski definition) is 5. The van der Waals surface area contributed by atoms with Crippen LogP contribution < -0.4 is 4.74 Å². The molecule has 0 atom stereocenters. The minimum absolute atomic E-state index is 0.0240. The molecule has 0 aliphatic carbocycles. The second-order valence-electron chi connectivity index (χ2n) is 6.63. The molecule has 134 valence electrons. The van der Waals surface area contributed by atoms with Crippen molar-refractivity contribution < 1.29 is 13.9 Å². The first-order chi connectivity index (χ1) is 12.1. The summed E-state index contributed by atoms with van der Waals surface area (Å²) in [5.41, 5.74) is 0.627. The van der Waals surface area contributed by atoms with Crippen molar-refractivity contribution >= 4 is 5.91 Å². The molecule has 1 amide bonds. The van der Waals surface area contributed by atoms with Gasteiger partial charge in [-0.25, -0.2) is 0 Å². The molecule has 3 rings (SSSR count). The fourth-order valence-corrected chi connectivity index (χ4v) is 3.07. The number of likely N-dealkylation sites (tertiary alicyclic amines) is 1. The van der Waals surface area contributed by atoms with E-state index in [9.17, 15) is 4.79 Å². The van der Waals surface area contributed by atoms with Crippen LogP contribution in [0.25, 0.3) is 0 Å². The fourth-order valence-electron chi connectivity index (χ4n) is 3.07. The average Bonchev–Trinajstić information content (AvgIpc) is 3.12. The Morgan fingerprint density at radius 1 is 1.28 bits per heavy atom. The predicted octanol–water partition coefficient (Wildman–Crippen LogP) is 3.61. The summed E-state index contributed by atoms with van der Waals surface area (Å²) in [5.74, 6) is 2.51. The molecular formula is C19H25N3O3. The van der Waals surface area contributed by atoms with Gasteiger partial charge in [0.15, 0.2) is 0 Å². The second-order valence-corrected chi connectivity index (χ2v) is 6.63. The van der Waals surface area contributed by atoms with Gasteiger partial charge in [-0.2, -0.15) is 0 Å². The van der Waals surface area contributed by atoms with Crippen LogP contribution in [0.2, 0.25) is 0 Å². The van der Waals surface area contributed by atoms with E-state index in [1.165, 1.54) is 0 Å². The molecule has 0 bridgehead atoms. The number of benzene rings is 1. The first-order valence-corrected chi connectivity index (χ1v) is 8.94. The van der Waals surface area contributed by atoms with Crippen molar-refractivity contribution in [1.82, 2.24) is 15.1 Å². The van der Waals surface area contributed by atoms with Crippen LogP contribution in [0.4, 0.5) is 0 Å². The Hall–Kier alpha value is -2.37. The van der Waals surface area contributed by atoms with Crippen LogP contribution in [-0.2, 0) is 0 Å². The van der Waals surface area contributed by atoms with E-state index in [2.05, 4.69) is 10.2 Å². The predicted molar refractivity (Wildman–Crippen MR) is 93.9 cm³/mol. The average molecular weight is 343 g/mol. The van der Waals surface area contributed by atoms with E-state index in [1.807, 2.05) is 49.9 Å². The number of para-hydroxylation sites is 1. The monoisotopic (exact) mass is 343 g/mol. The standard InChI is InChI=1S/C19H25N3O3/c1-4-24-16-8-6-5-7-15(16)19(23)22-11-9-14(10-12-22)18-21-20-17(25-18)13(2)3/h5-8,13-14H,4,9-12H2,1-3H3. The first kappa shape index (κ1) is 17.5. The van der Waals surface area contributed by atoms with Crippen molar-refractivity contribution in [2.75, 3.05) is 19.7 Å². The molecule has 1 aliphatic heterocycles. The van der Waals surface area contributed by atoms with Crippen LogP contribution in [0.3, 0.4) is 0 Å². The molecule has 0 radical (unpaired) electrons. The third-order valence-corrected chi connectivity index (χ3v) is 4.50. The summed E-state index contributed by atoms with van der Waals surface area (Å²) < 4.78 is 11.4. The molecule has 1 fully saturated rings. The molecule has 6 nitrogen and oxygen atoms in total. The molecule has 1 aliphatic rings. The number of hydrogen-bond donors (Lipinski definition) is 0. The van der Waals surface area contributed by atoms with Gasteiger partial charge in [0.05, 0.1) is 12.2 Å². The van der Waals surface area contributed by atoms with Crippen LogP contribution in [0.15, 0.2) is 28.7 Å². The maximum atomic E-state index is 12.8. The van der Waals surface area contributed by atoms with Crippen LogP contribution >= 0.6 is 0 Å². The van der Waals surface area contributed by atoms with Gasteiger partial charge in [0.25, 0.3) is 5.91 Å². The summed E-state index contributed by atoms with van der Waals surface area (Å²) in [4.78, 5) is 14.7. The van der Waals surface area contributed by atoms with Crippen LogP contribution in [0, 0.1) is 0 Å². The number of nitrogens with zero attached hydrogens (tertiary/aromatic N) is 3. The summed E-state index contributed by atoms with van der Waals surface area (Å²) >= 11 is 0. The Labute approximate surface area is 148 Å². The van der Waals surface area contributed by atoms with Gasteiger partial charge in [-0.1, -0.05) is 26.0 Å². The quantitative estimate of drug-likeness (QED) is 0.829. The highest BCUT2D eigenvalue weighted by Gasteiger charge is 2.29. The van der Waals surface area contributed by atoms with E-state index in [-0.39, 0.29) is 17.7 Å². The van der Waals surface area contributed by atoms with Crippen LogP contribution in [-0.4, -0.2) is 40.7 Å². The van der Waals surface area contributed by atoms with Crippen molar-refractivity contribution in [2.24, 2.45) is 0 Å². The lowest BCUT2D eigenvalue weighted by atomic mass is 9.96. The minimum Gasteiger partial charge on any atom is -0.493 e. The van der Waals surface area contributed by atoms with Crippen LogP contribution in [0.1, 0.15) is 67.6 Å². The van der Waals surface area contributed by atoms with Gasteiger partial charge >= 0.3 is 0 Å². The largest absolute Gasteiger partial charge is 0.493 e. The lowest BCUT2D eigenvalue weighted by Crippen LogP contribution is -2.38. The summed E-state index contributed by atoms with van der Waals surface area (Å²) in [6.45, 7) is 7.90. The molecule has 2 aromatic rings.